The van der Waals surface area contributed by atoms with E-state index in [9.17, 15) is 33.4 Å². The van der Waals surface area contributed by atoms with Crippen LogP contribution in [-0.4, -0.2) is 154 Å². The third-order valence-corrected chi connectivity index (χ3v) is 8.05. The summed E-state index contributed by atoms with van der Waals surface area (Å²) in [6.45, 7) is 1.61. The molecule has 0 radical (unpaired) electrons. The van der Waals surface area contributed by atoms with E-state index in [1.165, 1.54) is 0 Å². The van der Waals surface area contributed by atoms with Gasteiger partial charge in [0.05, 0.1) is 65.6 Å². The molecule has 20 heteroatoms. The molecule has 290 valence electrons. The average molecular weight is 742 g/mol. The molecule has 1 rings (SSSR count). The molecule has 9 N–H and O–H groups in total. The van der Waals surface area contributed by atoms with Gasteiger partial charge in [-0.05, 0) is 38.5 Å². The number of aliphatic hydroxyl groups excluding tert-OH is 3. The van der Waals surface area contributed by atoms with Crippen LogP contribution in [0.2, 0.25) is 0 Å². The van der Waals surface area contributed by atoms with Crippen LogP contribution in [0, 0.1) is 5.92 Å². The van der Waals surface area contributed by atoms with E-state index in [0.717, 1.165) is 6.66 Å². The molecule has 1 aliphatic rings. The van der Waals surface area contributed by atoms with Crippen molar-refractivity contribution in [3.05, 3.63) is 0 Å². The molecule has 1 fully saturated rings. The maximum absolute atomic E-state index is 13.2. The minimum absolute atomic E-state index is 0.0525. The van der Waals surface area contributed by atoms with Crippen LogP contribution >= 0.6 is 7.60 Å². The van der Waals surface area contributed by atoms with Gasteiger partial charge in [0.1, 0.15) is 12.1 Å². The van der Waals surface area contributed by atoms with Gasteiger partial charge in [0.15, 0.2) is 0 Å². The molecule has 0 spiro atoms. The second-order valence-electron chi connectivity index (χ2n) is 11.6. The fraction of sp³-hybridized carbons (Fsp3) is 0.833. The summed E-state index contributed by atoms with van der Waals surface area (Å²) in [6, 6.07) is -2.24. The van der Waals surface area contributed by atoms with Crippen molar-refractivity contribution in [1.82, 2.24) is 26.6 Å². The van der Waals surface area contributed by atoms with E-state index in [-0.39, 0.29) is 111 Å². The molecule has 0 heterocycles. The first-order valence-corrected chi connectivity index (χ1v) is 18.9. The number of carbonyl (C=O) groups is 5. The highest BCUT2D eigenvalue weighted by Crippen LogP contribution is 2.42. The highest BCUT2D eigenvalue weighted by atomic mass is 31.2. The Morgan fingerprint density at radius 1 is 0.660 bits per heavy atom. The van der Waals surface area contributed by atoms with E-state index < -0.39 is 55.3 Å². The molecule has 3 atom stereocenters. The largest absolute Gasteiger partial charge is 0.394 e. The van der Waals surface area contributed by atoms with Gasteiger partial charge >= 0.3 is 7.60 Å². The van der Waals surface area contributed by atoms with Crippen LogP contribution in [0.5, 0.6) is 0 Å². The molecule has 5 amide bonds. The molecule has 50 heavy (non-hydrogen) atoms. The average Bonchev–Trinajstić information content (AvgIpc) is 3.07. The van der Waals surface area contributed by atoms with Crippen LogP contribution in [0.3, 0.4) is 0 Å². The topological polar surface area (TPSA) is 280 Å². The highest BCUT2D eigenvalue weighted by molar-refractivity contribution is 7.51. The van der Waals surface area contributed by atoms with E-state index in [2.05, 4.69) is 26.6 Å². The SMILES string of the molecule is CP(=O)(O)O[C@H]1CC[C@@H](C(=O)NC(CCC(=O)NC(CCC(=O)NCCOCCO)C(=O)NCCOCCO)C(=O)NCCOCCO)CC1. The van der Waals surface area contributed by atoms with Crippen LogP contribution in [-0.2, 0) is 47.3 Å². The van der Waals surface area contributed by atoms with Crippen molar-refractivity contribution in [2.24, 2.45) is 5.92 Å². The standard InChI is InChI=1S/C30H56N5O14P/c1-50(44,45)49-23-4-2-22(3-5-23)28(41)35-25(30(43)33-12-18-48-21-15-38)7-9-27(40)34-24(29(42)32-11-17-47-20-14-37)6-8-26(39)31-10-16-46-19-13-36/h22-25,36-38H,2-21H2,1H3,(H,31,39)(H,32,42)(H,33,43)(H,34,40)(H,35,41)(H,44,45)/t22-,23+,24?,25?. The maximum Gasteiger partial charge on any atom is 0.325 e. The summed E-state index contributed by atoms with van der Waals surface area (Å²) in [5, 5.41) is 39.7. The Bertz CT molecular complexity index is 1060. The van der Waals surface area contributed by atoms with Crippen molar-refractivity contribution in [2.45, 2.75) is 69.6 Å². The summed E-state index contributed by atoms with van der Waals surface area (Å²) in [5.74, 6) is -3.04. The number of hydrogen-bond donors (Lipinski definition) is 9. The zero-order valence-corrected chi connectivity index (χ0v) is 29.7. The summed E-state index contributed by atoms with van der Waals surface area (Å²) < 4.78 is 32.2. The van der Waals surface area contributed by atoms with Gasteiger partial charge in [-0.15, -0.1) is 0 Å². The van der Waals surface area contributed by atoms with Gasteiger partial charge in [-0.2, -0.15) is 0 Å². The van der Waals surface area contributed by atoms with E-state index in [1.807, 2.05) is 0 Å². The summed E-state index contributed by atoms with van der Waals surface area (Å²) in [4.78, 5) is 74.0. The Balaban J connectivity index is 2.84. The molecule has 0 bridgehead atoms. The summed E-state index contributed by atoms with van der Waals surface area (Å²) in [7, 11) is -3.68. The van der Waals surface area contributed by atoms with Crippen molar-refractivity contribution in [1.29, 1.82) is 0 Å². The van der Waals surface area contributed by atoms with Gasteiger partial charge in [0, 0.05) is 45.1 Å². The van der Waals surface area contributed by atoms with Crippen LogP contribution in [0.15, 0.2) is 0 Å². The van der Waals surface area contributed by atoms with Crippen LogP contribution in [0.1, 0.15) is 51.4 Å². The van der Waals surface area contributed by atoms with Gasteiger partial charge in [-0.1, -0.05) is 0 Å². The Labute approximate surface area is 292 Å². The lowest BCUT2D eigenvalue weighted by Gasteiger charge is -2.29. The fourth-order valence-electron chi connectivity index (χ4n) is 4.94. The van der Waals surface area contributed by atoms with Crippen LogP contribution in [0.4, 0.5) is 0 Å². The van der Waals surface area contributed by atoms with Crippen molar-refractivity contribution >= 4 is 37.1 Å². The first-order chi connectivity index (χ1) is 23.9. The predicted molar refractivity (Wildman–Crippen MR) is 178 cm³/mol. The lowest BCUT2D eigenvalue weighted by Crippen LogP contribution is -2.51. The first kappa shape index (κ1) is 45.3. The van der Waals surface area contributed by atoms with E-state index in [4.69, 9.17) is 34.1 Å². The molecular weight excluding hydrogens is 685 g/mol. The van der Waals surface area contributed by atoms with Crippen molar-refractivity contribution in [3.63, 3.8) is 0 Å². The first-order valence-electron chi connectivity index (χ1n) is 16.9. The number of rotatable bonds is 28. The molecule has 0 saturated heterocycles. The zero-order valence-electron chi connectivity index (χ0n) is 28.8. The van der Waals surface area contributed by atoms with Gasteiger partial charge < -0.3 is 65.5 Å². The lowest BCUT2D eigenvalue weighted by molar-refractivity contribution is -0.133. The minimum Gasteiger partial charge on any atom is -0.394 e. The third kappa shape index (κ3) is 22.2. The molecule has 1 aliphatic carbocycles. The lowest BCUT2D eigenvalue weighted by atomic mass is 9.86. The minimum atomic E-state index is -3.68. The number of carbonyl (C=O) groups excluding carboxylic acids is 5. The molecule has 19 nitrogen and oxygen atoms in total. The molecule has 1 saturated carbocycles. The molecule has 0 aliphatic heterocycles. The van der Waals surface area contributed by atoms with Crippen molar-refractivity contribution < 1.29 is 67.5 Å². The van der Waals surface area contributed by atoms with Crippen LogP contribution < -0.4 is 26.6 Å². The van der Waals surface area contributed by atoms with Gasteiger partial charge in [0.2, 0.25) is 29.5 Å². The number of amides is 5. The highest BCUT2D eigenvalue weighted by Gasteiger charge is 2.32. The predicted octanol–water partition coefficient (Wildman–Crippen LogP) is -2.72. The Morgan fingerprint density at radius 2 is 1.10 bits per heavy atom. The van der Waals surface area contributed by atoms with Crippen LogP contribution in [0.25, 0.3) is 0 Å². The summed E-state index contributed by atoms with van der Waals surface area (Å²) >= 11 is 0. The van der Waals surface area contributed by atoms with Crippen molar-refractivity contribution in [2.75, 3.05) is 85.8 Å². The molecule has 3 unspecified atom stereocenters. The summed E-state index contributed by atoms with van der Waals surface area (Å²) in [6.07, 6.45) is 0.479. The quantitative estimate of drug-likeness (QED) is 0.0291. The van der Waals surface area contributed by atoms with Gasteiger partial charge in [-0.3, -0.25) is 28.5 Å². The van der Waals surface area contributed by atoms with Gasteiger partial charge in [0.25, 0.3) is 0 Å². The molecule has 0 aromatic rings. The van der Waals surface area contributed by atoms with Crippen molar-refractivity contribution in [3.8, 4) is 0 Å². The normalized spacial score (nSPS) is 18.3. The third-order valence-electron chi connectivity index (χ3n) is 7.36. The number of nitrogens with one attached hydrogen (secondary N) is 5. The maximum atomic E-state index is 13.2. The smallest absolute Gasteiger partial charge is 0.325 e. The fourth-order valence-corrected chi connectivity index (χ4v) is 5.71. The van der Waals surface area contributed by atoms with E-state index in [0.29, 0.717) is 25.7 Å². The molecular formula is C30H56N5O14P. The number of aliphatic hydroxyl groups is 3. The van der Waals surface area contributed by atoms with E-state index >= 15 is 0 Å². The van der Waals surface area contributed by atoms with Gasteiger partial charge in [-0.25, -0.2) is 0 Å². The number of hydrogen-bond acceptors (Lipinski definition) is 13. The molecule has 0 aromatic carbocycles. The van der Waals surface area contributed by atoms with E-state index in [1.54, 1.807) is 0 Å². The molecule has 0 aromatic heterocycles. The second kappa shape index (κ2) is 27.0. The Kier molecular flexibility index (Phi) is 24.4. The Hall–Kier alpha value is -2.74. The second-order valence-corrected chi connectivity index (χ2v) is 13.4. The summed E-state index contributed by atoms with van der Waals surface area (Å²) in [5.41, 5.74) is 0. The monoisotopic (exact) mass is 741 g/mol. The zero-order chi connectivity index (χ0) is 37.2. The Morgan fingerprint density at radius 3 is 1.56 bits per heavy atom. The number of ether oxygens (including phenoxy) is 3.